The van der Waals surface area contributed by atoms with Gasteiger partial charge < -0.3 is 9.15 Å². The highest BCUT2D eigenvalue weighted by molar-refractivity contribution is 5.87. The monoisotopic (exact) mass is 312 g/mol. The zero-order valence-corrected chi connectivity index (χ0v) is 14.5. The first kappa shape index (κ1) is 17.1. The van der Waals surface area contributed by atoms with Crippen LogP contribution in [0.25, 0.3) is 0 Å². The second-order valence-corrected chi connectivity index (χ2v) is 5.90. The first-order chi connectivity index (χ1) is 10.9. The molecule has 1 aromatic carbocycles. The average Bonchev–Trinajstić information content (AvgIpc) is 2.88. The molecule has 2 aromatic rings. The average molecular weight is 312 g/mol. The lowest BCUT2D eigenvalue weighted by Gasteiger charge is -2.10. The summed E-state index contributed by atoms with van der Waals surface area (Å²) in [6, 6.07) is 6.28. The summed E-state index contributed by atoms with van der Waals surface area (Å²) in [5, 5.41) is 0. The second-order valence-electron chi connectivity index (χ2n) is 5.90. The third-order valence-electron chi connectivity index (χ3n) is 4.36. The molecule has 0 saturated heterocycles. The van der Waals surface area contributed by atoms with Crippen LogP contribution in [0.2, 0.25) is 0 Å². The molecule has 0 bridgehead atoms. The minimum Gasteiger partial charge on any atom is -0.468 e. The maximum Gasteiger partial charge on any atom is 0.333 e. The van der Waals surface area contributed by atoms with Crippen LogP contribution in [0.1, 0.15) is 47.4 Å². The molecule has 0 unspecified atom stereocenters. The Kier molecular flexibility index (Phi) is 5.43. The van der Waals surface area contributed by atoms with Gasteiger partial charge in [0, 0.05) is 17.6 Å². The van der Waals surface area contributed by atoms with Gasteiger partial charge in [0.15, 0.2) is 0 Å². The van der Waals surface area contributed by atoms with Gasteiger partial charge in [-0.3, -0.25) is 0 Å². The molecule has 0 saturated carbocycles. The number of rotatable bonds is 5. The fraction of sp³-hybridized carbons (Fsp3) is 0.350. The quantitative estimate of drug-likeness (QED) is 0.588. The molecule has 2 rings (SSSR count). The van der Waals surface area contributed by atoms with Gasteiger partial charge in [-0.25, -0.2) is 4.79 Å². The van der Waals surface area contributed by atoms with Gasteiger partial charge in [0.1, 0.15) is 12.4 Å². The standard InChI is InChI=1S/C20H24O3/c1-6-13(2)20(21)23-12-18-15(4)11-22-19(18)10-17-9-7-8-14(3)16(17)5/h6-9,11H,10,12H2,1-5H3/b13-6-. The van der Waals surface area contributed by atoms with Gasteiger partial charge in [-0.15, -0.1) is 0 Å². The van der Waals surface area contributed by atoms with Gasteiger partial charge in [-0.1, -0.05) is 24.3 Å². The van der Waals surface area contributed by atoms with E-state index in [4.69, 9.17) is 9.15 Å². The van der Waals surface area contributed by atoms with Crippen LogP contribution in [0.4, 0.5) is 0 Å². The number of allylic oxidation sites excluding steroid dienone is 1. The predicted octanol–water partition coefficient (Wildman–Crippen LogP) is 4.81. The largest absolute Gasteiger partial charge is 0.468 e. The molecule has 0 N–H and O–H groups in total. The van der Waals surface area contributed by atoms with E-state index in [-0.39, 0.29) is 12.6 Å². The van der Waals surface area contributed by atoms with Crippen molar-refractivity contribution in [2.24, 2.45) is 0 Å². The Morgan fingerprint density at radius 1 is 1.22 bits per heavy atom. The molecule has 23 heavy (non-hydrogen) atoms. The third-order valence-corrected chi connectivity index (χ3v) is 4.36. The van der Waals surface area contributed by atoms with Crippen LogP contribution in [0.5, 0.6) is 0 Å². The first-order valence-corrected chi connectivity index (χ1v) is 7.85. The van der Waals surface area contributed by atoms with Crippen LogP contribution in [-0.2, 0) is 22.6 Å². The summed E-state index contributed by atoms with van der Waals surface area (Å²) in [5.41, 5.74) is 6.36. The van der Waals surface area contributed by atoms with E-state index in [2.05, 4.69) is 32.0 Å². The van der Waals surface area contributed by atoms with Crippen molar-refractivity contribution < 1.29 is 13.9 Å². The normalized spacial score (nSPS) is 11.6. The zero-order chi connectivity index (χ0) is 17.0. The van der Waals surface area contributed by atoms with E-state index in [0.717, 1.165) is 16.9 Å². The number of benzene rings is 1. The van der Waals surface area contributed by atoms with Crippen LogP contribution in [0.3, 0.4) is 0 Å². The minimum absolute atomic E-state index is 0.243. The summed E-state index contributed by atoms with van der Waals surface area (Å²) in [5.74, 6) is 0.577. The summed E-state index contributed by atoms with van der Waals surface area (Å²) in [6.07, 6.45) is 4.19. The highest BCUT2D eigenvalue weighted by atomic mass is 16.5. The lowest BCUT2D eigenvalue weighted by Crippen LogP contribution is -2.07. The highest BCUT2D eigenvalue weighted by Gasteiger charge is 2.15. The Morgan fingerprint density at radius 3 is 2.65 bits per heavy atom. The summed E-state index contributed by atoms with van der Waals surface area (Å²) < 4.78 is 11.1. The number of ether oxygens (including phenoxy) is 1. The molecule has 122 valence electrons. The van der Waals surface area contributed by atoms with Crippen LogP contribution >= 0.6 is 0 Å². The van der Waals surface area contributed by atoms with Crippen molar-refractivity contribution in [1.29, 1.82) is 0 Å². The molecule has 3 heteroatoms. The molecule has 3 nitrogen and oxygen atoms in total. The lowest BCUT2D eigenvalue weighted by molar-refractivity contribution is -0.140. The number of esters is 1. The topological polar surface area (TPSA) is 39.4 Å². The van der Waals surface area contributed by atoms with Gasteiger partial charge in [0.2, 0.25) is 0 Å². The Labute approximate surface area is 138 Å². The molecule has 0 fully saturated rings. The van der Waals surface area contributed by atoms with E-state index >= 15 is 0 Å². The number of hydrogen-bond donors (Lipinski definition) is 0. The fourth-order valence-electron chi connectivity index (χ4n) is 2.41. The van der Waals surface area contributed by atoms with Gasteiger partial charge in [0.05, 0.1) is 6.26 Å². The number of carbonyl (C=O) groups excluding carboxylic acids is 1. The number of aryl methyl sites for hydroxylation is 2. The van der Waals surface area contributed by atoms with E-state index in [1.807, 2.05) is 13.8 Å². The Balaban J connectivity index is 2.18. The van der Waals surface area contributed by atoms with Crippen molar-refractivity contribution in [2.45, 2.75) is 47.6 Å². The predicted molar refractivity (Wildman–Crippen MR) is 91.4 cm³/mol. The van der Waals surface area contributed by atoms with E-state index in [1.165, 1.54) is 16.7 Å². The van der Waals surface area contributed by atoms with Crippen molar-refractivity contribution in [2.75, 3.05) is 0 Å². The Hall–Kier alpha value is -2.29. The maximum atomic E-state index is 11.8. The molecule has 0 radical (unpaired) electrons. The lowest BCUT2D eigenvalue weighted by atomic mass is 9.98. The first-order valence-electron chi connectivity index (χ1n) is 7.85. The van der Waals surface area contributed by atoms with Crippen LogP contribution in [0, 0.1) is 20.8 Å². The van der Waals surface area contributed by atoms with E-state index in [9.17, 15) is 4.79 Å². The minimum atomic E-state index is -0.286. The van der Waals surface area contributed by atoms with Crippen molar-refractivity contribution >= 4 is 5.97 Å². The van der Waals surface area contributed by atoms with E-state index < -0.39 is 0 Å². The molecular formula is C20H24O3. The number of carbonyl (C=O) groups is 1. The molecule has 0 aliphatic heterocycles. The second kappa shape index (κ2) is 7.32. The molecule has 0 spiro atoms. The van der Waals surface area contributed by atoms with Gasteiger partial charge >= 0.3 is 5.97 Å². The SMILES string of the molecule is C/C=C(/C)C(=O)OCc1c(C)coc1Cc1cccc(C)c1C. The fourth-order valence-corrected chi connectivity index (χ4v) is 2.41. The van der Waals surface area contributed by atoms with Gasteiger partial charge in [0.25, 0.3) is 0 Å². The smallest absolute Gasteiger partial charge is 0.333 e. The van der Waals surface area contributed by atoms with E-state index in [0.29, 0.717) is 12.0 Å². The Bertz CT molecular complexity index is 735. The molecule has 0 aliphatic rings. The molecule has 0 atom stereocenters. The van der Waals surface area contributed by atoms with E-state index in [1.54, 1.807) is 19.3 Å². The highest BCUT2D eigenvalue weighted by Crippen LogP contribution is 2.24. The number of hydrogen-bond acceptors (Lipinski definition) is 3. The Morgan fingerprint density at radius 2 is 1.96 bits per heavy atom. The molecule has 0 amide bonds. The van der Waals surface area contributed by atoms with Crippen LogP contribution < -0.4 is 0 Å². The molecular weight excluding hydrogens is 288 g/mol. The van der Waals surface area contributed by atoms with Crippen molar-refractivity contribution in [3.8, 4) is 0 Å². The summed E-state index contributed by atoms with van der Waals surface area (Å²) >= 11 is 0. The summed E-state index contributed by atoms with van der Waals surface area (Å²) in [6.45, 7) is 10.0. The molecule has 0 aliphatic carbocycles. The van der Waals surface area contributed by atoms with Gasteiger partial charge in [-0.2, -0.15) is 0 Å². The zero-order valence-electron chi connectivity index (χ0n) is 14.5. The van der Waals surface area contributed by atoms with Crippen LogP contribution in [0.15, 0.2) is 40.5 Å². The van der Waals surface area contributed by atoms with Crippen molar-refractivity contribution in [1.82, 2.24) is 0 Å². The maximum absolute atomic E-state index is 11.8. The molecule has 1 aromatic heterocycles. The molecule has 1 heterocycles. The summed E-state index contributed by atoms with van der Waals surface area (Å²) in [7, 11) is 0. The number of furan rings is 1. The summed E-state index contributed by atoms with van der Waals surface area (Å²) in [4.78, 5) is 11.8. The van der Waals surface area contributed by atoms with Crippen molar-refractivity contribution in [3.63, 3.8) is 0 Å². The van der Waals surface area contributed by atoms with Gasteiger partial charge in [-0.05, 0) is 56.9 Å². The third kappa shape index (κ3) is 3.92. The van der Waals surface area contributed by atoms with Crippen LogP contribution in [-0.4, -0.2) is 5.97 Å². The van der Waals surface area contributed by atoms with Crippen molar-refractivity contribution in [3.05, 3.63) is 69.7 Å².